The van der Waals surface area contributed by atoms with Crippen molar-refractivity contribution < 1.29 is 23.8 Å². The van der Waals surface area contributed by atoms with Gasteiger partial charge in [0.05, 0.1) is 38.3 Å². The summed E-state index contributed by atoms with van der Waals surface area (Å²) in [6, 6.07) is 22.8. The Morgan fingerprint density at radius 2 is 1.35 bits per heavy atom. The number of rotatable bonds is 17. The van der Waals surface area contributed by atoms with Crippen LogP contribution in [0.5, 0.6) is 17.2 Å². The van der Waals surface area contributed by atoms with Crippen LogP contribution in [0.4, 0.5) is 5.69 Å². The highest BCUT2D eigenvalue weighted by molar-refractivity contribution is 6.12. The third-order valence-corrected chi connectivity index (χ3v) is 7.89. The van der Waals surface area contributed by atoms with Crippen LogP contribution in [-0.4, -0.2) is 50.7 Å². The second-order valence-corrected chi connectivity index (χ2v) is 11.2. The van der Waals surface area contributed by atoms with Gasteiger partial charge in [-0.1, -0.05) is 38.8 Å². The van der Waals surface area contributed by atoms with E-state index < -0.39 is 0 Å². The van der Waals surface area contributed by atoms with Gasteiger partial charge >= 0.3 is 0 Å². The Hall–Kier alpha value is -3.84. The van der Waals surface area contributed by atoms with Crippen LogP contribution in [0.25, 0.3) is 0 Å². The lowest BCUT2D eigenvalue weighted by Gasteiger charge is -2.29. The maximum atomic E-state index is 11.9. The van der Waals surface area contributed by atoms with Crippen LogP contribution in [0.15, 0.2) is 71.7 Å². The van der Waals surface area contributed by atoms with E-state index >= 15 is 0 Å². The molecule has 0 spiro atoms. The van der Waals surface area contributed by atoms with E-state index in [1.807, 2.05) is 30.3 Å². The van der Waals surface area contributed by atoms with Gasteiger partial charge in [-0.2, -0.15) is 0 Å². The lowest BCUT2D eigenvalue weighted by molar-refractivity contribution is -0.168. The first kappa shape index (κ1) is 32.1. The molecule has 0 bridgehead atoms. The topological polar surface area (TPSA) is 69.6 Å². The van der Waals surface area contributed by atoms with Gasteiger partial charge in [0.15, 0.2) is 0 Å². The molecule has 1 amide bonds. The Bertz CT molecular complexity index is 1350. The van der Waals surface area contributed by atoms with Gasteiger partial charge in [-0.25, -0.2) is 5.06 Å². The molecule has 1 aliphatic heterocycles. The summed E-state index contributed by atoms with van der Waals surface area (Å²) in [6.45, 7) is 8.50. The van der Waals surface area contributed by atoms with Gasteiger partial charge in [-0.3, -0.25) is 14.6 Å². The summed E-state index contributed by atoms with van der Waals surface area (Å²) in [7, 11) is 3.09. The molecule has 3 aromatic rings. The summed E-state index contributed by atoms with van der Waals surface area (Å²) >= 11 is 0. The quantitative estimate of drug-likeness (QED) is 0.119. The Kier molecular flexibility index (Phi) is 11.6. The fourth-order valence-electron chi connectivity index (χ4n) is 5.24. The fourth-order valence-corrected chi connectivity index (χ4v) is 5.24. The van der Waals surface area contributed by atoms with Gasteiger partial charge in [-0.15, -0.1) is 0 Å². The molecule has 1 atom stereocenters. The second kappa shape index (κ2) is 15.6. The maximum Gasteiger partial charge on any atom is 0.245 e. The van der Waals surface area contributed by atoms with Crippen molar-refractivity contribution in [2.75, 3.05) is 34.0 Å². The Labute approximate surface area is 256 Å². The van der Waals surface area contributed by atoms with E-state index in [4.69, 9.17) is 24.0 Å². The number of carbonyl (C=O) groups excluding carboxylic acids is 1. The molecule has 3 aromatic carbocycles. The van der Waals surface area contributed by atoms with E-state index in [0.717, 1.165) is 72.9 Å². The normalized spacial score (nSPS) is 15.5. The predicted octanol–water partition coefficient (Wildman–Crippen LogP) is 7.86. The first-order valence-electron chi connectivity index (χ1n) is 15.5. The Morgan fingerprint density at radius 1 is 0.791 bits per heavy atom. The number of ether oxygens (including phenoxy) is 3. The number of nitrogens with zero attached hydrogens (tertiary/aromatic N) is 2. The Balaban J connectivity index is 1.51. The number of carbonyl (C=O) groups is 1. The van der Waals surface area contributed by atoms with Crippen molar-refractivity contribution in [1.82, 2.24) is 5.06 Å². The zero-order valence-corrected chi connectivity index (χ0v) is 26.4. The number of hydroxylamine groups is 2. The van der Waals surface area contributed by atoms with Gasteiger partial charge in [0.25, 0.3) is 0 Å². The van der Waals surface area contributed by atoms with E-state index in [1.54, 1.807) is 7.05 Å². The number of fused-ring (bicyclic) bond motifs is 1. The van der Waals surface area contributed by atoms with Crippen LogP contribution in [0.1, 0.15) is 76.0 Å². The van der Waals surface area contributed by atoms with E-state index in [1.165, 1.54) is 23.3 Å². The minimum absolute atomic E-state index is 0.0680. The summed E-state index contributed by atoms with van der Waals surface area (Å²) in [5.74, 6) is 2.48. The fraction of sp³-hybridized carbons (Fsp3) is 0.444. The minimum atomic E-state index is -0.361. The number of unbranched alkanes of at least 4 members (excludes halogenated alkanes) is 2. The summed E-state index contributed by atoms with van der Waals surface area (Å²) in [4.78, 5) is 22.0. The molecule has 0 aliphatic carbocycles. The first-order valence-corrected chi connectivity index (χ1v) is 15.5. The molecule has 230 valence electrons. The van der Waals surface area contributed by atoms with Crippen LogP contribution in [0, 0.1) is 0 Å². The molecule has 1 heterocycles. The highest BCUT2D eigenvalue weighted by atomic mass is 16.7. The largest absolute Gasteiger partial charge is 0.494 e. The van der Waals surface area contributed by atoms with Crippen molar-refractivity contribution in [2.45, 2.75) is 71.1 Å². The highest BCUT2D eigenvalue weighted by Crippen LogP contribution is 2.46. The summed E-state index contributed by atoms with van der Waals surface area (Å²) in [5.41, 5.74) is 5.11. The van der Waals surface area contributed by atoms with Crippen molar-refractivity contribution in [1.29, 1.82) is 0 Å². The average Bonchev–Trinajstić information content (AvgIpc) is 3.31. The molecule has 0 aromatic heterocycles. The Morgan fingerprint density at radius 3 is 1.95 bits per heavy atom. The number of hydrogen-bond acceptors (Lipinski definition) is 6. The van der Waals surface area contributed by atoms with Crippen LogP contribution in [0.3, 0.4) is 0 Å². The second-order valence-electron chi connectivity index (χ2n) is 11.2. The monoisotopic (exact) mass is 586 g/mol. The molecule has 43 heavy (non-hydrogen) atoms. The van der Waals surface area contributed by atoms with Crippen LogP contribution < -0.4 is 14.2 Å². The molecule has 7 heteroatoms. The van der Waals surface area contributed by atoms with Crippen molar-refractivity contribution in [3.8, 4) is 17.2 Å². The van der Waals surface area contributed by atoms with Gasteiger partial charge < -0.3 is 14.2 Å². The van der Waals surface area contributed by atoms with Crippen molar-refractivity contribution in [3.63, 3.8) is 0 Å². The van der Waals surface area contributed by atoms with Crippen LogP contribution >= 0.6 is 0 Å². The highest BCUT2D eigenvalue weighted by Gasteiger charge is 2.40. The lowest BCUT2D eigenvalue weighted by atomic mass is 9.73. The van der Waals surface area contributed by atoms with Crippen LogP contribution in [-0.2, 0) is 21.5 Å². The zero-order chi connectivity index (χ0) is 30.7. The van der Waals surface area contributed by atoms with Crippen molar-refractivity contribution in [3.05, 3.63) is 83.4 Å². The molecule has 0 radical (unpaired) electrons. The molecular weight excluding hydrogens is 540 g/mol. The van der Waals surface area contributed by atoms with Gasteiger partial charge in [0, 0.05) is 18.9 Å². The molecule has 7 nitrogen and oxygen atoms in total. The SMILES string of the molecule is CCCCOc1ccc(C2=Nc3ccc(OCCCC)cc3C2(C)Cc2ccc(OCCCC(=O)N(C)OC)cc2)cc1. The van der Waals surface area contributed by atoms with E-state index in [-0.39, 0.29) is 11.3 Å². The van der Waals surface area contributed by atoms with E-state index in [9.17, 15) is 4.79 Å². The lowest BCUT2D eigenvalue weighted by Crippen LogP contribution is -2.33. The van der Waals surface area contributed by atoms with Gasteiger partial charge in [0.1, 0.15) is 17.2 Å². The standard InChI is InChI=1S/C36H46N2O5/c1-6-8-22-41-30-18-14-28(15-19-30)35-36(3,32-25-31(43-23-9-7-2)20-21-33(32)37-35)26-27-12-16-29(17-13-27)42-24-10-11-34(39)38(4)40-5/h12-21,25H,6-11,22-24,26H2,1-5H3. The zero-order valence-electron chi connectivity index (χ0n) is 26.4. The van der Waals surface area contributed by atoms with Crippen molar-refractivity contribution in [2.24, 2.45) is 4.99 Å². The molecule has 4 rings (SSSR count). The molecule has 0 N–H and O–H groups in total. The molecule has 1 unspecified atom stereocenters. The average molecular weight is 587 g/mol. The van der Waals surface area contributed by atoms with Gasteiger partial charge in [0.2, 0.25) is 5.91 Å². The molecule has 0 saturated carbocycles. The number of hydrogen-bond donors (Lipinski definition) is 0. The third kappa shape index (κ3) is 8.38. The number of aliphatic imine (C=N–C) groups is 1. The van der Waals surface area contributed by atoms with Crippen molar-refractivity contribution >= 4 is 17.3 Å². The first-order chi connectivity index (χ1) is 20.9. The maximum absolute atomic E-state index is 11.9. The molecule has 0 saturated heterocycles. The van der Waals surface area contributed by atoms with E-state index in [2.05, 4.69) is 57.2 Å². The smallest absolute Gasteiger partial charge is 0.245 e. The third-order valence-electron chi connectivity index (χ3n) is 7.89. The molecule has 0 fully saturated rings. The van der Waals surface area contributed by atoms with Crippen LogP contribution in [0.2, 0.25) is 0 Å². The predicted molar refractivity (Wildman–Crippen MR) is 172 cm³/mol. The van der Waals surface area contributed by atoms with E-state index in [0.29, 0.717) is 26.1 Å². The number of amides is 1. The molecular formula is C36H46N2O5. The summed E-state index contributed by atoms with van der Waals surface area (Å²) in [6.07, 6.45) is 6.03. The summed E-state index contributed by atoms with van der Waals surface area (Å²) < 4.78 is 17.9. The summed E-state index contributed by atoms with van der Waals surface area (Å²) in [5, 5.41) is 1.24. The van der Waals surface area contributed by atoms with Gasteiger partial charge in [-0.05, 0) is 104 Å². The number of benzene rings is 3. The minimum Gasteiger partial charge on any atom is -0.494 e. The molecule has 1 aliphatic rings.